The summed E-state index contributed by atoms with van der Waals surface area (Å²) < 4.78 is 5.23. The molecule has 2 N–H and O–H groups in total. The lowest BCUT2D eigenvalue weighted by atomic mass is 9.88. The molecule has 2 amide bonds. The Morgan fingerprint density at radius 1 is 1.32 bits per heavy atom. The average molecular weight is 440 g/mol. The highest BCUT2D eigenvalue weighted by Gasteiger charge is 2.46. The van der Waals surface area contributed by atoms with Crippen molar-refractivity contribution in [3.05, 3.63) is 53.3 Å². The van der Waals surface area contributed by atoms with E-state index in [1.807, 2.05) is 12.1 Å². The Morgan fingerprint density at radius 3 is 2.71 bits per heavy atom. The molecule has 1 saturated carbocycles. The molecule has 1 aromatic carbocycles. The topological polar surface area (TPSA) is 90.3 Å². The number of halogens is 1. The summed E-state index contributed by atoms with van der Waals surface area (Å²) in [5, 5.41) is 16.1. The van der Waals surface area contributed by atoms with Crippen LogP contribution in [0.2, 0.25) is 5.02 Å². The van der Waals surface area contributed by atoms with E-state index < -0.39 is 0 Å². The molecular formula is C23H26ClN5O2. The molecule has 8 heteroatoms. The second-order valence-corrected chi connectivity index (χ2v) is 8.79. The fraction of sp³-hybridized carbons (Fsp3) is 0.435. The number of benzene rings is 1. The number of nitrogens with one attached hydrogen (secondary N) is 2. The van der Waals surface area contributed by atoms with Crippen LogP contribution in [0.1, 0.15) is 30.9 Å². The van der Waals surface area contributed by atoms with Gasteiger partial charge in [0.2, 0.25) is 0 Å². The van der Waals surface area contributed by atoms with E-state index >= 15 is 0 Å². The molecule has 162 valence electrons. The highest BCUT2D eigenvalue weighted by atomic mass is 35.5. The predicted octanol–water partition coefficient (Wildman–Crippen LogP) is 4.03. The van der Waals surface area contributed by atoms with Crippen LogP contribution in [0.4, 0.5) is 10.5 Å². The third kappa shape index (κ3) is 5.27. The van der Waals surface area contributed by atoms with E-state index in [1.54, 1.807) is 37.6 Å². The summed E-state index contributed by atoms with van der Waals surface area (Å²) in [6.07, 6.45) is 4.43. The van der Waals surface area contributed by atoms with E-state index in [9.17, 15) is 10.1 Å². The van der Waals surface area contributed by atoms with Crippen LogP contribution in [0, 0.1) is 16.7 Å². The Morgan fingerprint density at radius 2 is 2.10 bits per heavy atom. The number of anilines is 1. The van der Waals surface area contributed by atoms with Crippen LogP contribution in [0.3, 0.4) is 0 Å². The first kappa shape index (κ1) is 21.4. The first-order valence-electron chi connectivity index (χ1n) is 10.5. The zero-order valence-electron chi connectivity index (χ0n) is 17.5. The third-order valence-electron chi connectivity index (χ3n) is 6.11. The monoisotopic (exact) mass is 439 g/mol. The molecule has 1 aliphatic carbocycles. The summed E-state index contributed by atoms with van der Waals surface area (Å²) in [4.78, 5) is 19.6. The minimum atomic E-state index is -0.255. The summed E-state index contributed by atoms with van der Waals surface area (Å²) in [6.45, 7) is 2.36. The molecule has 2 heterocycles. The van der Waals surface area contributed by atoms with Gasteiger partial charge in [0, 0.05) is 48.0 Å². The smallest absolute Gasteiger partial charge is 0.319 e. The number of nitrogens with zero attached hydrogens (tertiary/aromatic N) is 3. The standard InChI is InChI=1S/C23H26ClN5O2/c1-31-18-6-7-20(26-12-18)19-13-29(15-23(14-25)9-10-23)11-8-21(19)28-22(30)27-17-4-2-16(24)3-5-17/h2-7,12,19,21H,8-11,13,15H2,1H3,(H2,27,28,30). The maximum atomic E-state index is 12.7. The highest BCUT2D eigenvalue weighted by Crippen LogP contribution is 2.46. The molecule has 2 unspecified atom stereocenters. The second-order valence-electron chi connectivity index (χ2n) is 8.36. The lowest BCUT2D eigenvalue weighted by Gasteiger charge is -2.39. The maximum absolute atomic E-state index is 12.7. The number of hydrogen-bond donors (Lipinski definition) is 2. The molecule has 4 rings (SSSR count). The lowest BCUT2D eigenvalue weighted by Crippen LogP contribution is -2.51. The average Bonchev–Trinajstić information content (AvgIpc) is 3.56. The van der Waals surface area contributed by atoms with Gasteiger partial charge in [-0.05, 0) is 55.7 Å². The summed E-state index contributed by atoms with van der Waals surface area (Å²) in [5.74, 6) is 0.716. The molecular weight excluding hydrogens is 414 g/mol. The number of likely N-dealkylation sites (tertiary alicyclic amines) is 1. The van der Waals surface area contributed by atoms with E-state index in [1.165, 1.54) is 0 Å². The quantitative estimate of drug-likeness (QED) is 0.709. The van der Waals surface area contributed by atoms with Crippen LogP contribution in [0.15, 0.2) is 42.6 Å². The molecule has 2 atom stereocenters. The zero-order valence-corrected chi connectivity index (χ0v) is 18.2. The molecule has 1 aromatic heterocycles. The second kappa shape index (κ2) is 9.13. The van der Waals surface area contributed by atoms with Crippen molar-refractivity contribution in [1.82, 2.24) is 15.2 Å². The van der Waals surface area contributed by atoms with Gasteiger partial charge in [0.25, 0.3) is 0 Å². The van der Waals surface area contributed by atoms with Crippen molar-refractivity contribution in [3.8, 4) is 11.8 Å². The van der Waals surface area contributed by atoms with Crippen LogP contribution < -0.4 is 15.4 Å². The Labute approximate surface area is 187 Å². The number of carbonyl (C=O) groups is 1. The molecule has 2 aromatic rings. The van der Waals surface area contributed by atoms with Gasteiger partial charge in [-0.2, -0.15) is 5.26 Å². The van der Waals surface area contributed by atoms with Gasteiger partial charge in [-0.1, -0.05) is 11.6 Å². The van der Waals surface area contributed by atoms with Gasteiger partial charge >= 0.3 is 6.03 Å². The zero-order chi connectivity index (χ0) is 21.8. The number of piperidine rings is 1. The number of ether oxygens (including phenoxy) is 1. The molecule has 0 radical (unpaired) electrons. The Balaban J connectivity index is 1.46. The Bertz CT molecular complexity index is 953. The number of pyridine rings is 1. The van der Waals surface area contributed by atoms with Crippen molar-refractivity contribution in [3.63, 3.8) is 0 Å². The van der Waals surface area contributed by atoms with Crippen LogP contribution in [0.25, 0.3) is 0 Å². The largest absolute Gasteiger partial charge is 0.495 e. The summed E-state index contributed by atoms with van der Waals surface area (Å²) in [7, 11) is 1.61. The molecule has 0 bridgehead atoms. The van der Waals surface area contributed by atoms with E-state index in [0.717, 1.165) is 44.6 Å². The van der Waals surface area contributed by atoms with Crippen LogP contribution >= 0.6 is 11.6 Å². The number of urea groups is 1. The molecule has 7 nitrogen and oxygen atoms in total. The molecule has 0 spiro atoms. The molecule has 31 heavy (non-hydrogen) atoms. The number of hydrogen-bond acceptors (Lipinski definition) is 5. The highest BCUT2D eigenvalue weighted by molar-refractivity contribution is 6.30. The van der Waals surface area contributed by atoms with Gasteiger partial charge in [0.15, 0.2) is 0 Å². The van der Waals surface area contributed by atoms with E-state index in [2.05, 4.69) is 26.6 Å². The number of aromatic nitrogens is 1. The van der Waals surface area contributed by atoms with Gasteiger partial charge in [-0.3, -0.25) is 4.98 Å². The van der Waals surface area contributed by atoms with Gasteiger partial charge in [0.1, 0.15) is 5.75 Å². The van der Waals surface area contributed by atoms with Gasteiger partial charge in [-0.15, -0.1) is 0 Å². The molecule has 1 saturated heterocycles. The van der Waals surface area contributed by atoms with Crippen LogP contribution in [0.5, 0.6) is 5.75 Å². The van der Waals surface area contributed by atoms with Crippen molar-refractivity contribution in [1.29, 1.82) is 5.26 Å². The number of methoxy groups -OCH3 is 1. The fourth-order valence-electron chi connectivity index (χ4n) is 4.12. The predicted molar refractivity (Wildman–Crippen MR) is 119 cm³/mol. The summed E-state index contributed by atoms with van der Waals surface area (Å²) >= 11 is 5.92. The third-order valence-corrected chi connectivity index (χ3v) is 6.36. The Kier molecular flexibility index (Phi) is 6.30. The van der Waals surface area contributed by atoms with Crippen LogP contribution in [-0.4, -0.2) is 48.7 Å². The van der Waals surface area contributed by atoms with Gasteiger partial charge in [0.05, 0.1) is 24.8 Å². The molecule has 2 aliphatic rings. The number of rotatable bonds is 6. The van der Waals surface area contributed by atoms with Gasteiger partial charge < -0.3 is 20.3 Å². The minimum Gasteiger partial charge on any atom is -0.495 e. The number of carbonyl (C=O) groups excluding carboxylic acids is 1. The van der Waals surface area contributed by atoms with Crippen molar-refractivity contribution < 1.29 is 9.53 Å². The van der Waals surface area contributed by atoms with E-state index in [4.69, 9.17) is 16.3 Å². The maximum Gasteiger partial charge on any atom is 0.319 e. The lowest BCUT2D eigenvalue weighted by molar-refractivity contribution is 0.157. The number of amides is 2. The molecule has 2 fully saturated rings. The minimum absolute atomic E-state index is 0.0186. The SMILES string of the molecule is COc1ccc(C2CN(CC3(C#N)CC3)CCC2NC(=O)Nc2ccc(Cl)cc2)nc1. The number of nitriles is 1. The summed E-state index contributed by atoms with van der Waals surface area (Å²) in [6, 6.07) is 13.0. The first-order valence-corrected chi connectivity index (χ1v) is 10.8. The van der Waals surface area contributed by atoms with Gasteiger partial charge in [-0.25, -0.2) is 4.79 Å². The Hall–Kier alpha value is -2.82. The van der Waals surface area contributed by atoms with Crippen LogP contribution in [-0.2, 0) is 0 Å². The van der Waals surface area contributed by atoms with E-state index in [0.29, 0.717) is 16.5 Å². The van der Waals surface area contributed by atoms with Crippen molar-refractivity contribution in [2.45, 2.75) is 31.2 Å². The van der Waals surface area contributed by atoms with E-state index in [-0.39, 0.29) is 23.4 Å². The molecule has 1 aliphatic heterocycles. The van der Waals surface area contributed by atoms with Crippen molar-refractivity contribution in [2.75, 3.05) is 32.1 Å². The first-order chi connectivity index (χ1) is 15.0. The fourth-order valence-corrected chi connectivity index (χ4v) is 4.25. The summed E-state index contributed by atoms with van der Waals surface area (Å²) in [5.41, 5.74) is 1.40. The normalized spacial score (nSPS) is 22.2. The van der Waals surface area contributed by atoms with Crippen molar-refractivity contribution >= 4 is 23.3 Å². The van der Waals surface area contributed by atoms with Crippen molar-refractivity contribution in [2.24, 2.45) is 5.41 Å².